The summed E-state index contributed by atoms with van der Waals surface area (Å²) in [6.07, 6.45) is 0.851. The van der Waals surface area contributed by atoms with E-state index in [0.717, 1.165) is 0 Å². The molecule has 0 aliphatic carbocycles. The molecule has 0 aliphatic heterocycles. The van der Waals surface area contributed by atoms with Crippen LogP contribution in [0.1, 0.15) is 26.7 Å². The summed E-state index contributed by atoms with van der Waals surface area (Å²) in [5, 5.41) is 9.10. The molecule has 1 aromatic carbocycles. The quantitative estimate of drug-likeness (QED) is 0.698. The van der Waals surface area contributed by atoms with Crippen molar-refractivity contribution in [3.05, 3.63) is 23.2 Å². The van der Waals surface area contributed by atoms with Crippen LogP contribution in [0.4, 0.5) is 5.69 Å². The van der Waals surface area contributed by atoms with E-state index in [1.165, 1.54) is 12.1 Å². The van der Waals surface area contributed by atoms with E-state index in [1.807, 2.05) is 6.92 Å². The molecule has 0 aliphatic rings. The van der Waals surface area contributed by atoms with Gasteiger partial charge in [0, 0.05) is 12.1 Å². The normalized spacial score (nSPS) is 15.2. The average molecular weight is 307 g/mol. The molecule has 1 atom stereocenters. The number of hydrogen-bond donors (Lipinski definition) is 3. The Bertz CT molecular complexity index is 528. The van der Waals surface area contributed by atoms with Gasteiger partial charge in [0.1, 0.15) is 4.90 Å². The van der Waals surface area contributed by atoms with Crippen LogP contribution in [-0.2, 0) is 10.0 Å². The monoisotopic (exact) mass is 306 g/mol. The van der Waals surface area contributed by atoms with Crippen molar-refractivity contribution in [3.8, 4) is 0 Å². The second-order valence-corrected chi connectivity index (χ2v) is 6.68. The molecule has 1 rings (SSSR count). The van der Waals surface area contributed by atoms with Crippen molar-refractivity contribution in [1.29, 1.82) is 0 Å². The van der Waals surface area contributed by atoms with E-state index in [0.29, 0.717) is 12.8 Å². The van der Waals surface area contributed by atoms with Crippen molar-refractivity contribution in [2.45, 2.75) is 37.1 Å². The van der Waals surface area contributed by atoms with Gasteiger partial charge in [0.25, 0.3) is 0 Å². The first-order chi connectivity index (χ1) is 8.75. The third kappa shape index (κ3) is 3.82. The molecular weight excluding hydrogens is 288 g/mol. The maximum atomic E-state index is 12.4. The maximum absolute atomic E-state index is 12.4. The van der Waals surface area contributed by atoms with Gasteiger partial charge in [0.05, 0.1) is 10.7 Å². The second-order valence-electron chi connectivity index (χ2n) is 4.65. The van der Waals surface area contributed by atoms with Crippen molar-refractivity contribution >= 4 is 27.3 Å². The van der Waals surface area contributed by atoms with Gasteiger partial charge in [0.2, 0.25) is 10.0 Å². The van der Waals surface area contributed by atoms with E-state index >= 15 is 0 Å². The highest BCUT2D eigenvalue weighted by Gasteiger charge is 2.31. The molecule has 7 heteroatoms. The van der Waals surface area contributed by atoms with Crippen molar-refractivity contribution in [2.75, 3.05) is 12.3 Å². The minimum Gasteiger partial charge on any atom is -0.398 e. The number of nitrogen functional groups attached to an aromatic ring is 1. The molecule has 1 unspecified atom stereocenters. The fourth-order valence-electron chi connectivity index (χ4n) is 1.73. The van der Waals surface area contributed by atoms with Crippen molar-refractivity contribution in [2.24, 2.45) is 0 Å². The summed E-state index contributed by atoms with van der Waals surface area (Å²) in [7, 11) is -3.83. The lowest BCUT2D eigenvalue weighted by atomic mass is 9.97. The number of rotatable bonds is 6. The Hall–Kier alpha value is -0.820. The first kappa shape index (κ1) is 16.2. The molecule has 4 N–H and O–H groups in total. The molecule has 1 aromatic rings. The summed E-state index contributed by atoms with van der Waals surface area (Å²) in [6, 6.07) is 4.54. The summed E-state index contributed by atoms with van der Waals surface area (Å²) in [5.41, 5.74) is 5.05. The number of anilines is 1. The maximum Gasteiger partial charge on any atom is 0.244 e. The van der Waals surface area contributed by atoms with Gasteiger partial charge in [-0.1, -0.05) is 24.6 Å². The van der Waals surface area contributed by atoms with Gasteiger partial charge in [-0.2, -0.15) is 0 Å². The Labute approximate surface area is 118 Å². The predicted octanol–water partition coefficient (Wildman–Crippen LogP) is 1.75. The zero-order chi connectivity index (χ0) is 14.7. The standard InChI is InChI=1S/C12H19ClN2O3S/c1-3-12(2,7-8-16)15-19(17,18)11-9(13)5-4-6-10(11)14/h4-6,15-16H,3,7-8,14H2,1-2H3. The molecule has 0 fully saturated rings. The van der Waals surface area contributed by atoms with Crippen LogP contribution in [0.3, 0.4) is 0 Å². The number of aliphatic hydroxyl groups is 1. The number of benzene rings is 1. The Morgan fingerprint density at radius 1 is 1.47 bits per heavy atom. The van der Waals surface area contributed by atoms with E-state index < -0.39 is 15.6 Å². The molecular formula is C12H19ClN2O3S. The van der Waals surface area contributed by atoms with E-state index in [4.69, 9.17) is 22.4 Å². The second kappa shape index (κ2) is 6.09. The highest BCUT2D eigenvalue weighted by molar-refractivity contribution is 7.89. The summed E-state index contributed by atoms with van der Waals surface area (Å²) < 4.78 is 27.3. The molecule has 0 saturated carbocycles. The minimum atomic E-state index is -3.83. The predicted molar refractivity (Wildman–Crippen MR) is 76.6 cm³/mol. The van der Waals surface area contributed by atoms with Gasteiger partial charge < -0.3 is 10.8 Å². The molecule has 0 spiro atoms. The third-order valence-corrected chi connectivity index (χ3v) is 5.27. The molecule has 19 heavy (non-hydrogen) atoms. The molecule has 0 heterocycles. The first-order valence-electron chi connectivity index (χ1n) is 5.94. The molecule has 5 nitrogen and oxygen atoms in total. The lowest BCUT2D eigenvalue weighted by Gasteiger charge is -2.29. The zero-order valence-corrected chi connectivity index (χ0v) is 12.6. The highest BCUT2D eigenvalue weighted by Crippen LogP contribution is 2.29. The van der Waals surface area contributed by atoms with E-state index in [2.05, 4.69) is 4.72 Å². The van der Waals surface area contributed by atoms with Crippen LogP contribution in [0, 0.1) is 0 Å². The number of hydrogen-bond acceptors (Lipinski definition) is 4. The lowest BCUT2D eigenvalue weighted by Crippen LogP contribution is -2.46. The van der Waals surface area contributed by atoms with Crippen LogP contribution in [0.5, 0.6) is 0 Å². The van der Waals surface area contributed by atoms with Gasteiger partial charge in [-0.15, -0.1) is 0 Å². The van der Waals surface area contributed by atoms with Crippen LogP contribution in [0.15, 0.2) is 23.1 Å². The fraction of sp³-hybridized carbons (Fsp3) is 0.500. The number of sulfonamides is 1. The molecule has 0 bridgehead atoms. The van der Waals surface area contributed by atoms with Gasteiger partial charge in [-0.05, 0) is 31.9 Å². The summed E-state index contributed by atoms with van der Waals surface area (Å²) in [5.74, 6) is 0. The molecule has 0 radical (unpaired) electrons. The van der Waals surface area contributed by atoms with E-state index in [9.17, 15) is 8.42 Å². The van der Waals surface area contributed by atoms with Gasteiger partial charge >= 0.3 is 0 Å². The topological polar surface area (TPSA) is 92.4 Å². The first-order valence-corrected chi connectivity index (χ1v) is 7.80. The highest BCUT2D eigenvalue weighted by atomic mass is 35.5. The zero-order valence-electron chi connectivity index (χ0n) is 11.0. The smallest absolute Gasteiger partial charge is 0.244 e. The number of halogens is 1. The number of aliphatic hydroxyl groups excluding tert-OH is 1. The Morgan fingerprint density at radius 3 is 2.58 bits per heavy atom. The van der Waals surface area contributed by atoms with Gasteiger partial charge in [0.15, 0.2) is 0 Å². The molecule has 108 valence electrons. The van der Waals surface area contributed by atoms with Gasteiger partial charge in [-0.3, -0.25) is 0 Å². The van der Waals surface area contributed by atoms with Crippen LogP contribution in [0.2, 0.25) is 5.02 Å². The Balaban J connectivity index is 3.18. The summed E-state index contributed by atoms with van der Waals surface area (Å²) in [6.45, 7) is 3.47. The SMILES string of the molecule is CCC(C)(CCO)NS(=O)(=O)c1c(N)cccc1Cl. The molecule has 0 amide bonds. The van der Waals surface area contributed by atoms with Crippen LogP contribution >= 0.6 is 11.6 Å². The lowest BCUT2D eigenvalue weighted by molar-refractivity contribution is 0.233. The fourth-order valence-corrected chi connectivity index (χ4v) is 3.92. The van der Waals surface area contributed by atoms with E-state index in [1.54, 1.807) is 13.0 Å². The summed E-state index contributed by atoms with van der Waals surface area (Å²) >= 11 is 5.91. The average Bonchev–Trinajstić information content (AvgIpc) is 2.27. The van der Waals surface area contributed by atoms with Crippen LogP contribution in [0.25, 0.3) is 0 Å². The van der Waals surface area contributed by atoms with Crippen LogP contribution in [-0.4, -0.2) is 25.7 Å². The van der Waals surface area contributed by atoms with Crippen molar-refractivity contribution < 1.29 is 13.5 Å². The molecule has 0 saturated heterocycles. The third-order valence-electron chi connectivity index (χ3n) is 3.09. The van der Waals surface area contributed by atoms with E-state index in [-0.39, 0.29) is 22.2 Å². The Kier molecular flexibility index (Phi) is 5.20. The number of nitrogens with one attached hydrogen (secondary N) is 1. The minimum absolute atomic E-state index is 0.0787. The van der Waals surface area contributed by atoms with Crippen LogP contribution < -0.4 is 10.5 Å². The summed E-state index contributed by atoms with van der Waals surface area (Å²) in [4.78, 5) is -0.116. The number of nitrogens with two attached hydrogens (primary N) is 1. The van der Waals surface area contributed by atoms with Gasteiger partial charge in [-0.25, -0.2) is 13.1 Å². The van der Waals surface area contributed by atoms with Crippen molar-refractivity contribution in [3.63, 3.8) is 0 Å². The Morgan fingerprint density at radius 2 is 2.11 bits per heavy atom. The molecule has 0 aromatic heterocycles. The largest absolute Gasteiger partial charge is 0.398 e. The van der Waals surface area contributed by atoms with Crippen molar-refractivity contribution in [1.82, 2.24) is 4.72 Å².